The summed E-state index contributed by atoms with van der Waals surface area (Å²) < 4.78 is 13.5. The molecule has 0 spiro atoms. The summed E-state index contributed by atoms with van der Waals surface area (Å²) in [7, 11) is 7.57. The largest absolute Gasteiger partial charge is 0.495 e. The Bertz CT molecular complexity index is 1410. The Hall–Kier alpha value is -4.11. The average Bonchev–Trinajstić information content (AvgIpc) is 3.22. The molecular formula is C28H32N6O3. The Morgan fingerprint density at radius 2 is 1.81 bits per heavy atom. The molecule has 4 aromatic rings. The molecule has 1 amide bonds. The highest BCUT2D eigenvalue weighted by molar-refractivity contribution is 5.92. The van der Waals surface area contributed by atoms with Crippen molar-refractivity contribution < 1.29 is 14.3 Å². The molecule has 0 aliphatic carbocycles. The van der Waals surface area contributed by atoms with Crippen molar-refractivity contribution in [1.82, 2.24) is 24.3 Å². The number of fused-ring (bicyclic) bond motifs is 1. The van der Waals surface area contributed by atoms with Crippen LogP contribution in [0.1, 0.15) is 23.3 Å². The number of carbonyl (C=O) groups is 1. The molecule has 2 aromatic carbocycles. The summed E-state index contributed by atoms with van der Waals surface area (Å²) in [5, 5.41) is 3.34. The predicted octanol–water partition coefficient (Wildman–Crippen LogP) is 4.68. The van der Waals surface area contributed by atoms with Crippen molar-refractivity contribution in [3.05, 3.63) is 66.5 Å². The third kappa shape index (κ3) is 5.22. The number of amides is 1. The minimum Gasteiger partial charge on any atom is -0.495 e. The second-order valence-corrected chi connectivity index (χ2v) is 9.40. The standard InChI is InChI=1S/C28H32N6O3/c1-32-15-12-19(13-16-32)33(2)27(35)24-18-21(11-14-29-24)37-20-9-10-25-23(17-20)31-28(34(25)3)30-22-7-5-6-8-26(22)36-4/h5-11,14,17-19H,12-13,15-16H2,1-4H3,(H,30,31). The maximum absolute atomic E-state index is 13.1. The molecule has 1 saturated heterocycles. The molecule has 9 nitrogen and oxygen atoms in total. The van der Waals surface area contributed by atoms with Crippen LogP contribution in [0.25, 0.3) is 11.0 Å². The zero-order valence-corrected chi connectivity index (χ0v) is 21.6. The molecule has 0 bridgehead atoms. The van der Waals surface area contributed by atoms with Crippen molar-refractivity contribution in [1.29, 1.82) is 0 Å². The molecule has 0 radical (unpaired) electrons. The molecule has 3 heterocycles. The summed E-state index contributed by atoms with van der Waals surface area (Å²) in [5.74, 6) is 2.52. The predicted molar refractivity (Wildman–Crippen MR) is 144 cm³/mol. The SMILES string of the molecule is COc1ccccc1Nc1nc2cc(Oc3ccnc(C(=O)N(C)C4CCN(C)CC4)c3)ccc2n1C. The van der Waals surface area contributed by atoms with Gasteiger partial charge in [-0.25, -0.2) is 4.98 Å². The minimum atomic E-state index is -0.0905. The maximum atomic E-state index is 13.1. The van der Waals surface area contributed by atoms with Crippen molar-refractivity contribution in [2.45, 2.75) is 18.9 Å². The number of aromatic nitrogens is 3. The van der Waals surface area contributed by atoms with E-state index in [1.54, 1.807) is 25.4 Å². The number of pyridine rings is 1. The van der Waals surface area contributed by atoms with Gasteiger partial charge in [-0.15, -0.1) is 0 Å². The van der Waals surface area contributed by atoms with Crippen LogP contribution in [0.4, 0.5) is 11.6 Å². The molecule has 1 aliphatic heterocycles. The fourth-order valence-electron chi connectivity index (χ4n) is 4.68. The third-order valence-corrected chi connectivity index (χ3v) is 6.95. The monoisotopic (exact) mass is 500 g/mol. The van der Waals surface area contributed by atoms with E-state index in [2.05, 4.69) is 22.2 Å². The van der Waals surface area contributed by atoms with Crippen molar-refractivity contribution >= 4 is 28.6 Å². The lowest BCUT2D eigenvalue weighted by Gasteiger charge is -2.34. The van der Waals surface area contributed by atoms with E-state index in [0.717, 1.165) is 48.4 Å². The number of benzene rings is 2. The van der Waals surface area contributed by atoms with Gasteiger partial charge in [0.25, 0.3) is 5.91 Å². The number of anilines is 2. The molecule has 1 fully saturated rings. The van der Waals surface area contributed by atoms with E-state index >= 15 is 0 Å². The molecular weight excluding hydrogens is 468 g/mol. The summed E-state index contributed by atoms with van der Waals surface area (Å²) >= 11 is 0. The van der Waals surface area contributed by atoms with E-state index in [9.17, 15) is 4.79 Å². The summed E-state index contributed by atoms with van der Waals surface area (Å²) in [6.07, 6.45) is 3.54. The van der Waals surface area contributed by atoms with Crippen molar-refractivity contribution in [3.63, 3.8) is 0 Å². The number of nitrogens with one attached hydrogen (secondary N) is 1. The van der Waals surface area contributed by atoms with Gasteiger partial charge in [0.15, 0.2) is 0 Å². The zero-order valence-electron chi connectivity index (χ0n) is 21.6. The number of rotatable bonds is 7. The van der Waals surface area contributed by atoms with Crippen molar-refractivity contribution in [2.75, 3.05) is 39.6 Å². The highest BCUT2D eigenvalue weighted by atomic mass is 16.5. The van der Waals surface area contributed by atoms with Crippen LogP contribution in [0.2, 0.25) is 0 Å². The normalized spacial score (nSPS) is 14.5. The average molecular weight is 501 g/mol. The lowest BCUT2D eigenvalue weighted by Crippen LogP contribution is -2.44. The topological polar surface area (TPSA) is 84.8 Å². The van der Waals surface area contributed by atoms with Gasteiger partial charge in [0.05, 0.1) is 23.8 Å². The first-order valence-electron chi connectivity index (χ1n) is 12.4. The number of para-hydroxylation sites is 2. The Labute approximate surface area is 216 Å². The molecule has 0 unspecified atom stereocenters. The fourth-order valence-corrected chi connectivity index (χ4v) is 4.68. The number of hydrogen-bond donors (Lipinski definition) is 1. The first-order chi connectivity index (χ1) is 17.9. The lowest BCUT2D eigenvalue weighted by molar-refractivity contribution is 0.0653. The number of hydrogen-bond acceptors (Lipinski definition) is 7. The molecule has 9 heteroatoms. The molecule has 1 N–H and O–H groups in total. The Kier molecular flexibility index (Phi) is 6.96. The van der Waals surface area contributed by atoms with Gasteiger partial charge in [0, 0.05) is 38.5 Å². The minimum absolute atomic E-state index is 0.0905. The maximum Gasteiger partial charge on any atom is 0.272 e. The smallest absolute Gasteiger partial charge is 0.272 e. The first kappa shape index (κ1) is 24.6. The number of likely N-dealkylation sites (tertiary alicyclic amines) is 1. The highest BCUT2D eigenvalue weighted by Crippen LogP contribution is 2.31. The number of nitrogens with zero attached hydrogens (tertiary/aromatic N) is 5. The summed E-state index contributed by atoms with van der Waals surface area (Å²) in [5.41, 5.74) is 2.94. The number of aryl methyl sites for hydroxylation is 1. The van der Waals surface area contributed by atoms with E-state index in [1.165, 1.54) is 0 Å². The van der Waals surface area contributed by atoms with Crippen LogP contribution in [0.3, 0.4) is 0 Å². The van der Waals surface area contributed by atoms with Crippen LogP contribution < -0.4 is 14.8 Å². The third-order valence-electron chi connectivity index (χ3n) is 6.95. The Morgan fingerprint density at radius 1 is 1.05 bits per heavy atom. The van der Waals surface area contributed by atoms with E-state index in [1.807, 2.05) is 66.0 Å². The second-order valence-electron chi connectivity index (χ2n) is 9.40. The van der Waals surface area contributed by atoms with E-state index in [4.69, 9.17) is 14.5 Å². The zero-order chi connectivity index (χ0) is 25.9. The van der Waals surface area contributed by atoms with Gasteiger partial charge in [-0.2, -0.15) is 0 Å². The summed E-state index contributed by atoms with van der Waals surface area (Å²) in [6, 6.07) is 17.1. The molecule has 192 valence electrons. The molecule has 0 atom stereocenters. The molecule has 1 aliphatic rings. The van der Waals surface area contributed by atoms with Gasteiger partial charge in [-0.1, -0.05) is 12.1 Å². The quantitative estimate of drug-likeness (QED) is 0.394. The van der Waals surface area contributed by atoms with E-state index < -0.39 is 0 Å². The summed E-state index contributed by atoms with van der Waals surface area (Å²) in [6.45, 7) is 1.98. The molecule has 37 heavy (non-hydrogen) atoms. The number of piperidine rings is 1. The van der Waals surface area contributed by atoms with Crippen molar-refractivity contribution in [2.24, 2.45) is 7.05 Å². The van der Waals surface area contributed by atoms with E-state index in [-0.39, 0.29) is 11.9 Å². The van der Waals surface area contributed by atoms with Gasteiger partial charge < -0.3 is 29.2 Å². The van der Waals surface area contributed by atoms with Gasteiger partial charge in [0.1, 0.15) is 22.9 Å². The van der Waals surface area contributed by atoms with Crippen LogP contribution in [0, 0.1) is 0 Å². The van der Waals surface area contributed by atoms with Crippen LogP contribution in [0.5, 0.6) is 17.2 Å². The van der Waals surface area contributed by atoms with E-state index in [0.29, 0.717) is 23.1 Å². The second kappa shape index (κ2) is 10.5. The number of methoxy groups -OCH3 is 1. The molecule has 5 rings (SSSR count). The van der Waals surface area contributed by atoms with Gasteiger partial charge in [-0.05, 0) is 63.3 Å². The van der Waals surface area contributed by atoms with Gasteiger partial charge in [-0.3, -0.25) is 9.78 Å². The Morgan fingerprint density at radius 3 is 2.59 bits per heavy atom. The van der Waals surface area contributed by atoms with Crippen LogP contribution in [-0.4, -0.2) is 70.6 Å². The number of imidazole rings is 1. The summed E-state index contributed by atoms with van der Waals surface area (Å²) in [4.78, 5) is 26.3. The van der Waals surface area contributed by atoms with Crippen molar-refractivity contribution in [3.8, 4) is 17.2 Å². The number of carbonyl (C=O) groups excluding carboxylic acids is 1. The van der Waals surface area contributed by atoms with Gasteiger partial charge >= 0.3 is 0 Å². The number of ether oxygens (including phenoxy) is 2. The van der Waals surface area contributed by atoms with Crippen LogP contribution in [0.15, 0.2) is 60.8 Å². The highest BCUT2D eigenvalue weighted by Gasteiger charge is 2.25. The van der Waals surface area contributed by atoms with Gasteiger partial charge in [0.2, 0.25) is 5.95 Å². The lowest BCUT2D eigenvalue weighted by atomic mass is 10.0. The molecule has 0 saturated carbocycles. The molecule has 2 aromatic heterocycles. The fraction of sp³-hybridized carbons (Fsp3) is 0.321. The van der Waals surface area contributed by atoms with Crippen LogP contribution in [-0.2, 0) is 7.05 Å². The Balaban J connectivity index is 1.32. The first-order valence-corrected chi connectivity index (χ1v) is 12.4. The van der Waals surface area contributed by atoms with Crippen LogP contribution >= 0.6 is 0 Å².